The Morgan fingerprint density at radius 3 is 2.25 bits per heavy atom. The van der Waals surface area contributed by atoms with Crippen molar-refractivity contribution in [2.75, 3.05) is 5.32 Å². The lowest BCUT2D eigenvalue weighted by atomic mass is 10.1. The van der Waals surface area contributed by atoms with Gasteiger partial charge < -0.3 is 14.8 Å². The fourth-order valence-electron chi connectivity index (χ4n) is 2.21. The number of nitrogens with zero attached hydrogens (tertiary/aromatic N) is 2. The number of carbonyl (C=O) groups excluding carboxylic acids is 1. The summed E-state index contributed by atoms with van der Waals surface area (Å²) in [5.41, 5.74) is 0.354. The Morgan fingerprint density at radius 1 is 1.00 bits per heavy atom. The van der Waals surface area contributed by atoms with Crippen molar-refractivity contribution < 1.29 is 14.3 Å². The van der Waals surface area contributed by atoms with Crippen LogP contribution in [0.5, 0.6) is 0 Å². The van der Waals surface area contributed by atoms with Crippen molar-refractivity contribution in [3.05, 3.63) is 59.8 Å². The topological polar surface area (TPSA) is 72.8 Å². The number of carbonyl (C=O) groups is 1. The molecule has 0 saturated carbocycles. The van der Waals surface area contributed by atoms with E-state index in [1.807, 2.05) is 71.9 Å². The molecule has 0 aliphatic carbocycles. The van der Waals surface area contributed by atoms with E-state index in [0.717, 1.165) is 11.4 Å². The number of benzene rings is 1. The maximum absolute atomic E-state index is 12.7. The minimum Gasteiger partial charge on any atom is -0.445 e. The summed E-state index contributed by atoms with van der Waals surface area (Å²) in [6.07, 6.45) is 1.70. The molecule has 0 aliphatic rings. The van der Waals surface area contributed by atoms with Crippen LogP contribution < -0.4 is 5.32 Å². The highest BCUT2D eigenvalue weighted by Crippen LogP contribution is 2.16. The second kappa shape index (κ2) is 8.87. The maximum atomic E-state index is 12.7. The predicted octanol–water partition coefficient (Wildman–Crippen LogP) is 4.82. The molecule has 0 atom stereocenters. The zero-order valence-electron chi connectivity index (χ0n) is 17.4. The van der Waals surface area contributed by atoms with Crippen LogP contribution in [-0.4, -0.2) is 28.2 Å². The van der Waals surface area contributed by atoms with Crippen LogP contribution in [0.2, 0.25) is 0 Å². The van der Waals surface area contributed by atoms with Gasteiger partial charge in [0.25, 0.3) is 5.91 Å². The van der Waals surface area contributed by atoms with Crippen molar-refractivity contribution >= 4 is 17.8 Å². The molecular weight excluding hydrogens is 354 g/mol. The highest BCUT2D eigenvalue weighted by atomic mass is 16.7. The standard InChI is InChI=1S/C22H29N3O3/c1-21(2,3)27-20(28-22(4,5)6)25-19(26)17-11-9-10-16(14-17)15-24-18-12-7-8-13-23-18/h7-14H,15H2,1-6H3,(H,23,24). The third kappa shape index (κ3) is 7.78. The normalized spacial score (nSPS) is 11.5. The van der Waals surface area contributed by atoms with Gasteiger partial charge >= 0.3 is 6.08 Å². The molecule has 1 aromatic carbocycles. The summed E-state index contributed by atoms with van der Waals surface area (Å²) in [6.45, 7) is 11.8. The molecule has 2 aromatic rings. The van der Waals surface area contributed by atoms with Gasteiger partial charge in [-0.25, -0.2) is 4.98 Å². The Morgan fingerprint density at radius 2 is 1.68 bits per heavy atom. The monoisotopic (exact) mass is 383 g/mol. The van der Waals surface area contributed by atoms with Crippen LogP contribution in [0.3, 0.4) is 0 Å². The predicted molar refractivity (Wildman–Crippen MR) is 111 cm³/mol. The molecule has 2 rings (SSSR count). The molecule has 150 valence electrons. The van der Waals surface area contributed by atoms with E-state index in [1.54, 1.807) is 18.3 Å². The highest BCUT2D eigenvalue weighted by molar-refractivity contribution is 6.00. The van der Waals surface area contributed by atoms with Gasteiger partial charge in [0.1, 0.15) is 17.0 Å². The zero-order chi connectivity index (χ0) is 20.8. The van der Waals surface area contributed by atoms with Crippen molar-refractivity contribution in [3.63, 3.8) is 0 Å². The van der Waals surface area contributed by atoms with E-state index in [2.05, 4.69) is 15.3 Å². The van der Waals surface area contributed by atoms with Crippen LogP contribution >= 0.6 is 0 Å². The van der Waals surface area contributed by atoms with Gasteiger partial charge in [-0.05, 0) is 71.4 Å². The van der Waals surface area contributed by atoms with Gasteiger partial charge in [0.15, 0.2) is 0 Å². The Bertz CT molecular complexity index is 801. The summed E-state index contributed by atoms with van der Waals surface area (Å²) in [4.78, 5) is 21.0. The number of aromatic nitrogens is 1. The number of hydrogen-bond donors (Lipinski definition) is 1. The lowest BCUT2D eigenvalue weighted by molar-refractivity contribution is 0.00910. The summed E-state index contributed by atoms with van der Waals surface area (Å²) < 4.78 is 11.5. The van der Waals surface area contributed by atoms with Gasteiger partial charge in [-0.1, -0.05) is 18.2 Å². The van der Waals surface area contributed by atoms with Crippen molar-refractivity contribution in [2.24, 2.45) is 4.99 Å². The summed E-state index contributed by atoms with van der Waals surface area (Å²) in [5, 5.41) is 3.22. The van der Waals surface area contributed by atoms with Crippen LogP contribution in [0.25, 0.3) is 0 Å². The molecule has 0 unspecified atom stereocenters. The molecule has 6 nitrogen and oxygen atoms in total. The molecule has 0 bridgehead atoms. The average Bonchev–Trinajstić information content (AvgIpc) is 2.58. The van der Waals surface area contributed by atoms with Crippen LogP contribution in [-0.2, 0) is 16.0 Å². The third-order valence-electron chi connectivity index (χ3n) is 3.29. The van der Waals surface area contributed by atoms with Gasteiger partial charge in [-0.3, -0.25) is 4.79 Å². The van der Waals surface area contributed by atoms with Crippen molar-refractivity contribution in [1.29, 1.82) is 0 Å². The van der Waals surface area contributed by atoms with E-state index >= 15 is 0 Å². The van der Waals surface area contributed by atoms with E-state index in [4.69, 9.17) is 9.47 Å². The first kappa shape index (κ1) is 21.4. The summed E-state index contributed by atoms with van der Waals surface area (Å²) >= 11 is 0. The molecule has 0 spiro atoms. The number of aliphatic imine (C=N–C) groups is 1. The number of anilines is 1. The summed E-state index contributed by atoms with van der Waals surface area (Å²) in [5.74, 6) is 0.361. The minimum absolute atomic E-state index is 0.0259. The minimum atomic E-state index is -0.529. The van der Waals surface area contributed by atoms with Gasteiger partial charge in [-0.2, -0.15) is 0 Å². The molecular formula is C22H29N3O3. The van der Waals surface area contributed by atoms with Crippen LogP contribution in [0, 0.1) is 0 Å². The number of rotatable bonds is 4. The molecule has 0 fully saturated rings. The largest absolute Gasteiger partial charge is 0.445 e. The second-order valence-electron chi connectivity index (χ2n) is 8.38. The molecule has 1 amide bonds. The molecule has 1 heterocycles. The fourth-order valence-corrected chi connectivity index (χ4v) is 2.21. The molecule has 28 heavy (non-hydrogen) atoms. The van der Waals surface area contributed by atoms with Crippen molar-refractivity contribution in [1.82, 2.24) is 4.98 Å². The summed E-state index contributed by atoms with van der Waals surface area (Å²) in [6, 6.07) is 13.0. The zero-order valence-corrected chi connectivity index (χ0v) is 17.4. The van der Waals surface area contributed by atoms with E-state index in [-0.39, 0.29) is 6.08 Å². The van der Waals surface area contributed by atoms with E-state index < -0.39 is 17.1 Å². The number of ether oxygens (including phenoxy) is 2. The highest BCUT2D eigenvalue weighted by Gasteiger charge is 2.23. The Hall–Kier alpha value is -2.89. The first-order valence-electron chi connectivity index (χ1n) is 9.27. The number of hydrogen-bond acceptors (Lipinski definition) is 5. The van der Waals surface area contributed by atoms with Crippen LogP contribution in [0.15, 0.2) is 53.7 Å². The Kier molecular flexibility index (Phi) is 6.78. The Labute approximate surface area is 167 Å². The second-order valence-corrected chi connectivity index (χ2v) is 8.38. The molecule has 0 aliphatic heterocycles. The lowest BCUT2D eigenvalue weighted by Gasteiger charge is -2.27. The van der Waals surface area contributed by atoms with Crippen LogP contribution in [0.4, 0.5) is 5.82 Å². The molecule has 6 heteroatoms. The van der Waals surface area contributed by atoms with Gasteiger partial charge in [0, 0.05) is 18.3 Å². The molecule has 1 aromatic heterocycles. The third-order valence-corrected chi connectivity index (χ3v) is 3.29. The van der Waals surface area contributed by atoms with Crippen molar-refractivity contribution in [3.8, 4) is 0 Å². The quantitative estimate of drug-likeness (QED) is 0.605. The SMILES string of the molecule is CC(C)(C)OC(=NC(=O)c1cccc(CNc2ccccn2)c1)OC(C)(C)C. The molecule has 0 saturated heterocycles. The van der Waals surface area contributed by atoms with E-state index in [1.165, 1.54) is 0 Å². The Balaban J connectivity index is 2.15. The van der Waals surface area contributed by atoms with Gasteiger partial charge in [-0.15, -0.1) is 4.99 Å². The number of pyridine rings is 1. The van der Waals surface area contributed by atoms with Crippen LogP contribution in [0.1, 0.15) is 57.5 Å². The lowest BCUT2D eigenvalue weighted by Crippen LogP contribution is -2.32. The number of amides is 1. The first-order valence-corrected chi connectivity index (χ1v) is 9.27. The first-order chi connectivity index (χ1) is 13.0. The number of nitrogens with one attached hydrogen (secondary N) is 1. The molecule has 1 N–H and O–H groups in total. The van der Waals surface area contributed by atoms with Crippen molar-refractivity contribution in [2.45, 2.75) is 59.3 Å². The maximum Gasteiger partial charge on any atom is 0.392 e. The van der Waals surface area contributed by atoms with E-state index in [9.17, 15) is 4.79 Å². The van der Waals surface area contributed by atoms with Gasteiger partial charge in [0.2, 0.25) is 0 Å². The smallest absolute Gasteiger partial charge is 0.392 e. The average molecular weight is 383 g/mol. The van der Waals surface area contributed by atoms with Gasteiger partial charge in [0.05, 0.1) is 0 Å². The molecule has 0 radical (unpaired) electrons. The van der Waals surface area contributed by atoms with E-state index in [0.29, 0.717) is 12.1 Å². The fraction of sp³-hybridized carbons (Fsp3) is 0.409. The summed E-state index contributed by atoms with van der Waals surface area (Å²) in [7, 11) is 0.